The summed E-state index contributed by atoms with van der Waals surface area (Å²) in [4.78, 5) is 24.7. The van der Waals surface area contributed by atoms with E-state index in [1.165, 1.54) is 11.5 Å². The van der Waals surface area contributed by atoms with Crippen LogP contribution in [-0.2, 0) is 0 Å². The van der Waals surface area contributed by atoms with Crippen LogP contribution in [0.4, 0.5) is 5.95 Å². The normalized spacial score (nSPS) is 11.0. The van der Waals surface area contributed by atoms with E-state index in [-0.39, 0.29) is 22.7 Å². The van der Waals surface area contributed by atoms with Gasteiger partial charge in [-0.1, -0.05) is 4.49 Å². The fourth-order valence-electron chi connectivity index (χ4n) is 1.31. The van der Waals surface area contributed by atoms with Crippen molar-refractivity contribution < 1.29 is 0 Å². The largest absolute Gasteiger partial charge is 0.369 e. The van der Waals surface area contributed by atoms with E-state index in [1.54, 1.807) is 5.38 Å². The van der Waals surface area contributed by atoms with Crippen LogP contribution in [0.5, 0.6) is 0 Å². The molecule has 0 aromatic carbocycles. The Morgan fingerprint density at radius 3 is 2.94 bits per heavy atom. The minimum atomic E-state index is -0.357. The van der Waals surface area contributed by atoms with E-state index in [4.69, 9.17) is 5.73 Å². The molecule has 3 rings (SSSR count). The maximum Gasteiger partial charge on any atom is 0.278 e. The van der Waals surface area contributed by atoms with Crippen LogP contribution in [0.2, 0.25) is 0 Å². The highest BCUT2D eigenvalue weighted by Crippen LogP contribution is 2.15. The third kappa shape index (κ3) is 1.26. The van der Waals surface area contributed by atoms with E-state index in [1.807, 2.05) is 0 Å². The second-order valence-electron chi connectivity index (χ2n) is 3.03. The van der Waals surface area contributed by atoms with Crippen LogP contribution in [0, 0.1) is 0 Å². The number of nitrogens with one attached hydrogen (secondary N) is 2. The second-order valence-corrected chi connectivity index (χ2v) is 3.64. The van der Waals surface area contributed by atoms with E-state index in [0.29, 0.717) is 11.5 Å². The topological polar surface area (TPSA) is 126 Å². The van der Waals surface area contributed by atoms with Gasteiger partial charge in [-0.05, 0) is 11.5 Å². The molecule has 16 heavy (non-hydrogen) atoms. The predicted molar refractivity (Wildman–Crippen MR) is 57.8 cm³/mol. The van der Waals surface area contributed by atoms with Crippen LogP contribution in [0.15, 0.2) is 10.2 Å². The number of anilines is 1. The van der Waals surface area contributed by atoms with E-state index in [9.17, 15) is 4.79 Å². The van der Waals surface area contributed by atoms with Crippen LogP contribution in [0.3, 0.4) is 0 Å². The summed E-state index contributed by atoms with van der Waals surface area (Å²) in [6, 6.07) is 0. The number of aromatic nitrogens is 6. The number of H-pyrrole nitrogens is 2. The summed E-state index contributed by atoms with van der Waals surface area (Å²) < 4.78 is 3.71. The highest BCUT2D eigenvalue weighted by molar-refractivity contribution is 7.03. The molecule has 3 heterocycles. The van der Waals surface area contributed by atoms with E-state index in [2.05, 4.69) is 29.5 Å². The summed E-state index contributed by atoms with van der Waals surface area (Å²) in [6.45, 7) is 0. The summed E-state index contributed by atoms with van der Waals surface area (Å²) in [6.07, 6.45) is 0. The molecule has 0 atom stereocenters. The summed E-state index contributed by atoms with van der Waals surface area (Å²) in [5.41, 5.74) is 6.16. The molecule has 4 N–H and O–H groups in total. The molecule has 0 fully saturated rings. The zero-order chi connectivity index (χ0) is 11.1. The molecular formula is C7H5N7OS. The average Bonchev–Trinajstić information content (AvgIpc) is 2.82. The van der Waals surface area contributed by atoms with E-state index in [0.717, 1.165) is 0 Å². The summed E-state index contributed by atoms with van der Waals surface area (Å²) in [5, 5.41) is 5.55. The Bertz CT molecular complexity index is 697. The Morgan fingerprint density at radius 1 is 1.31 bits per heavy atom. The number of nitrogens with zero attached hydrogens (tertiary/aromatic N) is 4. The molecule has 0 aliphatic heterocycles. The lowest BCUT2D eigenvalue weighted by Crippen LogP contribution is -2.10. The van der Waals surface area contributed by atoms with Crippen molar-refractivity contribution in [1.29, 1.82) is 0 Å². The van der Waals surface area contributed by atoms with Gasteiger partial charge in [0.05, 0.1) is 0 Å². The molecule has 80 valence electrons. The first-order valence-corrected chi connectivity index (χ1v) is 5.10. The van der Waals surface area contributed by atoms with E-state index < -0.39 is 0 Å². The minimum Gasteiger partial charge on any atom is -0.369 e. The number of nitrogen functional groups attached to an aromatic ring is 1. The molecule has 0 aliphatic rings. The lowest BCUT2D eigenvalue weighted by molar-refractivity contribution is 1.13. The molecule has 3 aromatic rings. The zero-order valence-electron chi connectivity index (χ0n) is 7.76. The van der Waals surface area contributed by atoms with Gasteiger partial charge in [0, 0.05) is 5.38 Å². The first kappa shape index (κ1) is 8.97. The van der Waals surface area contributed by atoms with Crippen LogP contribution in [0.1, 0.15) is 0 Å². The number of hydrogen-bond acceptors (Lipinski definition) is 7. The molecule has 0 unspecified atom stereocenters. The number of imidazole rings is 1. The lowest BCUT2D eigenvalue weighted by Gasteiger charge is -1.89. The van der Waals surface area contributed by atoms with Crippen LogP contribution >= 0.6 is 11.5 Å². The maximum absolute atomic E-state index is 11.5. The molecule has 0 saturated carbocycles. The Morgan fingerprint density at radius 2 is 2.19 bits per heavy atom. The van der Waals surface area contributed by atoms with Gasteiger partial charge in [0.1, 0.15) is 5.69 Å². The Balaban J connectivity index is 2.31. The van der Waals surface area contributed by atoms with Gasteiger partial charge >= 0.3 is 0 Å². The van der Waals surface area contributed by atoms with Crippen molar-refractivity contribution in [1.82, 2.24) is 29.5 Å². The van der Waals surface area contributed by atoms with Crippen LogP contribution in [-0.4, -0.2) is 29.5 Å². The van der Waals surface area contributed by atoms with Crippen molar-refractivity contribution in [2.45, 2.75) is 0 Å². The molecular weight excluding hydrogens is 230 g/mol. The number of nitrogens with two attached hydrogens (primary N) is 1. The predicted octanol–water partition coefficient (Wildman–Crippen LogP) is -0.253. The van der Waals surface area contributed by atoms with Crippen LogP contribution < -0.4 is 11.3 Å². The molecule has 0 saturated heterocycles. The Kier molecular flexibility index (Phi) is 1.74. The molecule has 0 radical (unpaired) electrons. The first-order valence-electron chi connectivity index (χ1n) is 4.27. The van der Waals surface area contributed by atoms with Crippen molar-refractivity contribution in [2.75, 3.05) is 5.73 Å². The van der Waals surface area contributed by atoms with Crippen molar-refractivity contribution in [2.24, 2.45) is 0 Å². The average molecular weight is 235 g/mol. The van der Waals surface area contributed by atoms with Gasteiger partial charge < -0.3 is 10.7 Å². The van der Waals surface area contributed by atoms with Crippen molar-refractivity contribution >= 4 is 28.6 Å². The fourth-order valence-corrected chi connectivity index (χ4v) is 1.75. The van der Waals surface area contributed by atoms with Crippen LogP contribution in [0.25, 0.3) is 22.7 Å². The second kappa shape index (κ2) is 3.10. The summed E-state index contributed by atoms with van der Waals surface area (Å²) >= 11 is 1.20. The third-order valence-corrected chi connectivity index (χ3v) is 2.49. The van der Waals surface area contributed by atoms with Gasteiger partial charge in [0.25, 0.3) is 5.56 Å². The smallest absolute Gasteiger partial charge is 0.278 e. The number of rotatable bonds is 1. The molecule has 8 nitrogen and oxygen atoms in total. The third-order valence-electron chi connectivity index (χ3n) is 1.98. The van der Waals surface area contributed by atoms with Crippen molar-refractivity contribution in [3.8, 4) is 11.5 Å². The quantitative estimate of drug-likeness (QED) is 0.533. The molecule has 0 amide bonds. The summed E-state index contributed by atoms with van der Waals surface area (Å²) in [7, 11) is 0. The maximum atomic E-state index is 11.5. The monoisotopic (exact) mass is 235 g/mol. The molecule has 0 spiro atoms. The van der Waals surface area contributed by atoms with Gasteiger partial charge in [-0.15, -0.1) is 5.10 Å². The van der Waals surface area contributed by atoms with Gasteiger partial charge in [0.2, 0.25) is 5.95 Å². The molecule has 0 aliphatic carbocycles. The molecule has 0 bridgehead atoms. The minimum absolute atomic E-state index is 0.0342. The Hall–Kier alpha value is -2.29. The van der Waals surface area contributed by atoms with E-state index >= 15 is 0 Å². The standard InChI is InChI=1S/C7H5N7OS/c8-7-11-5-3(6(15)12-7)9-4(10-5)2-1-16-14-13-2/h1H,(H4,8,9,10,11,12,15). The SMILES string of the molecule is Nc1nc2nc(-c3csnn3)[nH]c2c(=O)[nH]1. The lowest BCUT2D eigenvalue weighted by atomic mass is 10.5. The van der Waals surface area contributed by atoms with Gasteiger partial charge in [0.15, 0.2) is 17.0 Å². The van der Waals surface area contributed by atoms with Gasteiger partial charge in [-0.3, -0.25) is 9.78 Å². The number of hydrogen-bond donors (Lipinski definition) is 3. The van der Waals surface area contributed by atoms with Crippen molar-refractivity contribution in [3.63, 3.8) is 0 Å². The van der Waals surface area contributed by atoms with Crippen molar-refractivity contribution in [3.05, 3.63) is 15.7 Å². The number of aromatic amines is 2. The molecule has 9 heteroatoms. The fraction of sp³-hybridized carbons (Fsp3) is 0. The van der Waals surface area contributed by atoms with Gasteiger partial charge in [-0.2, -0.15) is 4.98 Å². The van der Waals surface area contributed by atoms with Gasteiger partial charge in [-0.25, -0.2) is 4.98 Å². The zero-order valence-corrected chi connectivity index (χ0v) is 8.58. The first-order chi connectivity index (χ1) is 7.74. The number of fused-ring (bicyclic) bond motifs is 1. The highest BCUT2D eigenvalue weighted by Gasteiger charge is 2.11. The highest BCUT2D eigenvalue weighted by atomic mass is 32.1. The summed E-state index contributed by atoms with van der Waals surface area (Å²) in [5.74, 6) is 0.485. The Labute approximate surface area is 91.7 Å². The molecule has 3 aromatic heterocycles.